The number of aliphatic carboxylic acids is 2. The smallest absolute Gasteiger partial charge is 0.341 e. The van der Waals surface area contributed by atoms with E-state index in [0.29, 0.717) is 35.1 Å². The molecule has 4 N–H and O–H groups in total. The monoisotopic (exact) mass is 589 g/mol. The average molecular weight is 590 g/mol. The molecule has 1 aromatic heterocycles. The zero-order valence-electron chi connectivity index (χ0n) is 24.9. The zero-order chi connectivity index (χ0) is 30.9. The maximum atomic E-state index is 12.3. The van der Waals surface area contributed by atoms with Crippen molar-refractivity contribution in [3.05, 3.63) is 66.0 Å². The van der Waals surface area contributed by atoms with Gasteiger partial charge in [-0.15, -0.1) is 0 Å². The van der Waals surface area contributed by atoms with Gasteiger partial charge in [0.15, 0.2) is 6.61 Å². The zero-order valence-corrected chi connectivity index (χ0v) is 24.9. The van der Waals surface area contributed by atoms with Gasteiger partial charge in [0.05, 0.1) is 11.4 Å². The van der Waals surface area contributed by atoms with Crippen LogP contribution in [0.25, 0.3) is 28.6 Å². The summed E-state index contributed by atoms with van der Waals surface area (Å²) in [6, 6.07) is 14.3. The van der Waals surface area contributed by atoms with Crippen LogP contribution < -0.4 is 10.1 Å². The summed E-state index contributed by atoms with van der Waals surface area (Å²) in [4.78, 5) is 42.0. The van der Waals surface area contributed by atoms with Gasteiger partial charge >= 0.3 is 11.9 Å². The van der Waals surface area contributed by atoms with E-state index >= 15 is 0 Å². The highest BCUT2D eigenvalue weighted by Gasteiger charge is 2.16. The molecule has 43 heavy (non-hydrogen) atoms. The fraction of sp³-hybridized carbons (Fsp3) is 0.412. The number of H-pyrrole nitrogens is 1. The van der Waals surface area contributed by atoms with Crippen LogP contribution >= 0.6 is 0 Å². The van der Waals surface area contributed by atoms with Gasteiger partial charge in [-0.1, -0.05) is 89.0 Å². The number of carbonyl (C=O) groups excluding carboxylic acids is 1. The molecule has 1 heterocycles. The molecule has 9 heteroatoms. The van der Waals surface area contributed by atoms with Crippen LogP contribution in [0, 0.1) is 0 Å². The van der Waals surface area contributed by atoms with E-state index in [1.54, 1.807) is 30.3 Å². The third-order valence-corrected chi connectivity index (χ3v) is 7.02. The van der Waals surface area contributed by atoms with Crippen LogP contribution in [0.3, 0.4) is 0 Å². The highest BCUT2D eigenvalue weighted by atomic mass is 16.5. The molecule has 2 aromatic carbocycles. The first-order valence-electron chi connectivity index (χ1n) is 15.2. The molecule has 0 fully saturated rings. The van der Waals surface area contributed by atoms with E-state index in [0.717, 1.165) is 24.0 Å². The largest absolute Gasteiger partial charge is 0.482 e. The molecular formula is C34H43N3O6. The molecule has 9 nitrogen and oxygen atoms in total. The van der Waals surface area contributed by atoms with Gasteiger partial charge in [0.25, 0.3) is 0 Å². The lowest BCUT2D eigenvalue weighted by atomic mass is 10.0. The number of nitrogens with one attached hydrogen (secondary N) is 2. The Morgan fingerprint density at radius 3 is 2.02 bits per heavy atom. The van der Waals surface area contributed by atoms with Gasteiger partial charge < -0.3 is 25.3 Å². The van der Waals surface area contributed by atoms with E-state index in [1.165, 1.54) is 57.4 Å². The first-order chi connectivity index (χ1) is 20.9. The van der Waals surface area contributed by atoms with Gasteiger partial charge in [-0.2, -0.15) is 0 Å². The Balaban J connectivity index is 1.53. The number of carboxylic acids is 2. The van der Waals surface area contributed by atoms with E-state index in [1.807, 2.05) is 24.3 Å². The van der Waals surface area contributed by atoms with Crippen molar-refractivity contribution < 1.29 is 29.3 Å². The van der Waals surface area contributed by atoms with Crippen molar-refractivity contribution in [2.24, 2.45) is 0 Å². The van der Waals surface area contributed by atoms with Gasteiger partial charge in [-0.3, -0.25) is 9.59 Å². The SMILES string of the molecule is CCCCCCCCCCCCNC(=O)C=Cc1ccc(-c2[nH]c(CC(=O)O)nc2-c2ccc(OCC(=O)O)cc2)cc1. The van der Waals surface area contributed by atoms with Crippen molar-refractivity contribution in [1.82, 2.24) is 15.3 Å². The number of aromatic amines is 1. The summed E-state index contributed by atoms with van der Waals surface area (Å²) in [6.07, 6.45) is 15.6. The molecule has 3 rings (SSSR count). The second kappa shape index (κ2) is 18.2. The minimum Gasteiger partial charge on any atom is -0.482 e. The number of hydrogen-bond donors (Lipinski definition) is 4. The van der Waals surface area contributed by atoms with Crippen LogP contribution in [0.4, 0.5) is 0 Å². The molecule has 0 atom stereocenters. The van der Waals surface area contributed by atoms with Crippen LogP contribution in [0.15, 0.2) is 54.6 Å². The summed E-state index contributed by atoms with van der Waals surface area (Å²) in [5.41, 5.74) is 3.59. The van der Waals surface area contributed by atoms with Crippen molar-refractivity contribution in [2.45, 2.75) is 77.6 Å². The van der Waals surface area contributed by atoms with Gasteiger partial charge in [0.2, 0.25) is 5.91 Å². The fourth-order valence-corrected chi connectivity index (χ4v) is 4.74. The van der Waals surface area contributed by atoms with Gasteiger partial charge in [0.1, 0.15) is 18.0 Å². The second-order valence-electron chi connectivity index (χ2n) is 10.6. The lowest BCUT2D eigenvalue weighted by Crippen LogP contribution is -2.21. The van der Waals surface area contributed by atoms with Crippen LogP contribution in [0.1, 0.15) is 82.5 Å². The van der Waals surface area contributed by atoms with Crippen LogP contribution in [0.2, 0.25) is 0 Å². The maximum absolute atomic E-state index is 12.3. The minimum atomic E-state index is -1.07. The van der Waals surface area contributed by atoms with E-state index in [4.69, 9.17) is 9.84 Å². The highest BCUT2D eigenvalue weighted by Crippen LogP contribution is 2.31. The molecule has 3 aromatic rings. The van der Waals surface area contributed by atoms with Gasteiger partial charge in [0, 0.05) is 23.7 Å². The predicted octanol–water partition coefficient (Wildman–Crippen LogP) is 6.88. The van der Waals surface area contributed by atoms with Crippen molar-refractivity contribution in [3.63, 3.8) is 0 Å². The number of amides is 1. The summed E-state index contributed by atoms with van der Waals surface area (Å²) in [5.74, 6) is -1.48. The molecule has 0 unspecified atom stereocenters. The number of carboxylic acid groups (broad SMARTS) is 2. The Bertz CT molecular complexity index is 1330. The molecule has 0 bridgehead atoms. The fourth-order valence-electron chi connectivity index (χ4n) is 4.74. The minimum absolute atomic E-state index is 0.120. The number of imidazole rings is 1. The Morgan fingerprint density at radius 2 is 1.42 bits per heavy atom. The van der Waals surface area contributed by atoms with E-state index < -0.39 is 18.5 Å². The summed E-state index contributed by atoms with van der Waals surface area (Å²) in [6.45, 7) is 2.46. The number of aromatic nitrogens is 2. The molecule has 0 aliphatic rings. The first-order valence-corrected chi connectivity index (χ1v) is 15.2. The molecular weight excluding hydrogens is 546 g/mol. The first kappa shape index (κ1) is 33.1. The normalized spacial score (nSPS) is 11.1. The lowest BCUT2D eigenvalue weighted by Gasteiger charge is -2.06. The summed E-state index contributed by atoms with van der Waals surface area (Å²) in [5, 5.41) is 21.0. The number of unbranched alkanes of at least 4 members (excludes halogenated alkanes) is 9. The number of nitrogens with zero attached hydrogens (tertiary/aromatic N) is 1. The molecule has 0 aliphatic heterocycles. The standard InChI is InChI=1S/C34H43N3O6/c1-2-3-4-5-6-7-8-9-10-11-22-35-30(38)21-14-25-12-15-26(16-13-25)33-34(37-29(36-33)23-31(39)40)27-17-19-28(20-18-27)43-24-32(41)42/h12-21H,2-11,22-24H2,1H3,(H,35,38)(H,36,37)(H,39,40)(H,41,42). The predicted molar refractivity (Wildman–Crippen MR) is 168 cm³/mol. The Morgan fingerprint density at radius 1 is 0.814 bits per heavy atom. The third-order valence-electron chi connectivity index (χ3n) is 7.02. The van der Waals surface area contributed by atoms with Crippen molar-refractivity contribution in [2.75, 3.05) is 13.2 Å². The quantitative estimate of drug-likeness (QED) is 0.0831. The maximum Gasteiger partial charge on any atom is 0.341 e. The Labute approximate surface area is 253 Å². The average Bonchev–Trinajstić information content (AvgIpc) is 3.41. The van der Waals surface area contributed by atoms with Crippen molar-refractivity contribution in [3.8, 4) is 28.3 Å². The number of rotatable bonds is 20. The summed E-state index contributed by atoms with van der Waals surface area (Å²) < 4.78 is 5.20. The van der Waals surface area contributed by atoms with Crippen molar-refractivity contribution in [1.29, 1.82) is 0 Å². The number of ether oxygens (including phenoxy) is 1. The number of benzene rings is 2. The molecule has 1 amide bonds. The highest BCUT2D eigenvalue weighted by molar-refractivity contribution is 5.91. The molecule has 0 radical (unpaired) electrons. The topological polar surface area (TPSA) is 142 Å². The Kier molecular flexibility index (Phi) is 14.0. The Hall–Kier alpha value is -4.40. The third kappa shape index (κ3) is 12.2. The summed E-state index contributed by atoms with van der Waals surface area (Å²) in [7, 11) is 0. The van der Waals surface area contributed by atoms with Crippen molar-refractivity contribution >= 4 is 23.9 Å². The van der Waals surface area contributed by atoms with Crippen LogP contribution in [0.5, 0.6) is 5.75 Å². The molecule has 0 saturated heterocycles. The van der Waals surface area contributed by atoms with E-state index in [9.17, 15) is 19.5 Å². The van der Waals surface area contributed by atoms with E-state index in [2.05, 4.69) is 22.2 Å². The molecule has 0 aliphatic carbocycles. The number of carbonyl (C=O) groups is 3. The van der Waals surface area contributed by atoms with E-state index in [-0.39, 0.29) is 12.3 Å². The summed E-state index contributed by atoms with van der Waals surface area (Å²) >= 11 is 0. The van der Waals surface area contributed by atoms with Crippen LogP contribution in [-0.4, -0.2) is 51.2 Å². The molecule has 230 valence electrons. The second-order valence-corrected chi connectivity index (χ2v) is 10.6. The lowest BCUT2D eigenvalue weighted by molar-refractivity contribution is -0.139. The van der Waals surface area contributed by atoms with Gasteiger partial charge in [-0.05, 0) is 42.3 Å². The van der Waals surface area contributed by atoms with Gasteiger partial charge in [-0.25, -0.2) is 9.78 Å². The molecule has 0 saturated carbocycles. The van der Waals surface area contributed by atoms with Crippen LogP contribution in [-0.2, 0) is 20.8 Å². The number of hydrogen-bond acceptors (Lipinski definition) is 5. The molecule has 0 spiro atoms.